The van der Waals surface area contributed by atoms with E-state index >= 15 is 0 Å². The van der Waals surface area contributed by atoms with Crippen molar-refractivity contribution in [1.29, 1.82) is 0 Å². The maximum atomic E-state index is 13.2. The quantitative estimate of drug-likeness (QED) is 0.710. The summed E-state index contributed by atoms with van der Waals surface area (Å²) in [5.41, 5.74) is 0.483. The van der Waals surface area contributed by atoms with Crippen LogP contribution in [0.2, 0.25) is 4.34 Å². The molecule has 1 amide bonds. The average molecular weight is 380 g/mol. The van der Waals surface area contributed by atoms with E-state index in [0.29, 0.717) is 9.21 Å². The highest BCUT2D eigenvalue weighted by Crippen LogP contribution is 2.39. The van der Waals surface area contributed by atoms with Gasteiger partial charge in [0.25, 0.3) is 0 Å². The maximum Gasteiger partial charge on any atom is 0.221 e. The highest BCUT2D eigenvalue weighted by Gasteiger charge is 2.36. The number of rotatable bonds is 6. The van der Waals surface area contributed by atoms with Crippen molar-refractivity contribution in [3.05, 3.63) is 57.0 Å². The van der Waals surface area contributed by atoms with E-state index in [1.54, 1.807) is 24.3 Å². The molecule has 1 aliphatic rings. The van der Waals surface area contributed by atoms with Crippen LogP contribution in [0, 0.1) is 5.82 Å². The van der Waals surface area contributed by atoms with E-state index in [1.807, 2.05) is 0 Å². The second-order valence-electron chi connectivity index (χ2n) is 6.37. The van der Waals surface area contributed by atoms with Crippen molar-refractivity contribution in [1.82, 2.24) is 5.32 Å². The summed E-state index contributed by atoms with van der Waals surface area (Å²) in [6.45, 7) is 0. The first-order valence-corrected chi connectivity index (χ1v) is 9.54. The molecule has 0 aliphatic heterocycles. The zero-order chi connectivity index (χ0) is 17.9. The lowest BCUT2D eigenvalue weighted by Gasteiger charge is -2.31. The second kappa shape index (κ2) is 7.67. The molecule has 25 heavy (non-hydrogen) atoms. The van der Waals surface area contributed by atoms with E-state index in [9.17, 15) is 14.0 Å². The summed E-state index contributed by atoms with van der Waals surface area (Å²) in [4.78, 5) is 25.1. The third kappa shape index (κ3) is 4.28. The predicted octanol–water partition coefficient (Wildman–Crippen LogP) is 5.09. The van der Waals surface area contributed by atoms with Crippen LogP contribution in [0.3, 0.4) is 0 Å². The largest absolute Gasteiger partial charge is 0.347 e. The number of carbonyl (C=O) groups excluding carboxylic acids is 2. The number of hydrogen-bond donors (Lipinski definition) is 1. The molecular weight excluding hydrogens is 361 g/mol. The Morgan fingerprint density at radius 2 is 1.76 bits per heavy atom. The minimum atomic E-state index is -0.444. The minimum Gasteiger partial charge on any atom is -0.347 e. The molecule has 1 aliphatic carbocycles. The van der Waals surface area contributed by atoms with Gasteiger partial charge in [-0.1, -0.05) is 36.6 Å². The van der Waals surface area contributed by atoms with E-state index in [1.165, 1.54) is 23.5 Å². The van der Waals surface area contributed by atoms with Crippen LogP contribution >= 0.6 is 22.9 Å². The molecule has 1 aromatic heterocycles. The van der Waals surface area contributed by atoms with Gasteiger partial charge in [0, 0.05) is 12.8 Å². The SMILES string of the molecule is O=C(CCC(=O)c1ccc(Cl)s1)NC1(c2ccc(F)cc2)CCCC1. The fourth-order valence-electron chi connectivity index (χ4n) is 3.38. The fourth-order valence-corrected chi connectivity index (χ4v) is 4.39. The van der Waals surface area contributed by atoms with Crippen LogP contribution in [0.5, 0.6) is 0 Å². The van der Waals surface area contributed by atoms with Crippen molar-refractivity contribution in [2.45, 2.75) is 44.1 Å². The Labute approximate surface area is 155 Å². The molecule has 1 fully saturated rings. The number of halogens is 2. The van der Waals surface area contributed by atoms with Crippen LogP contribution in [0.4, 0.5) is 4.39 Å². The summed E-state index contributed by atoms with van der Waals surface area (Å²) in [5, 5.41) is 3.10. The average Bonchev–Trinajstić information content (AvgIpc) is 3.23. The first-order chi connectivity index (χ1) is 12.0. The van der Waals surface area contributed by atoms with Crippen LogP contribution in [-0.2, 0) is 10.3 Å². The Morgan fingerprint density at radius 3 is 2.36 bits per heavy atom. The molecular formula is C19H19ClFNO2S. The molecule has 1 heterocycles. The molecule has 0 atom stereocenters. The molecule has 132 valence electrons. The zero-order valence-corrected chi connectivity index (χ0v) is 15.3. The van der Waals surface area contributed by atoms with Crippen LogP contribution in [0.1, 0.15) is 53.8 Å². The molecule has 0 unspecified atom stereocenters. The van der Waals surface area contributed by atoms with Crippen LogP contribution in [-0.4, -0.2) is 11.7 Å². The summed E-state index contributed by atoms with van der Waals surface area (Å²) >= 11 is 7.06. The van der Waals surface area contributed by atoms with Crippen molar-refractivity contribution < 1.29 is 14.0 Å². The van der Waals surface area contributed by atoms with Crippen molar-refractivity contribution in [2.24, 2.45) is 0 Å². The van der Waals surface area contributed by atoms with Gasteiger partial charge in [0.15, 0.2) is 5.78 Å². The number of benzene rings is 1. The highest BCUT2D eigenvalue weighted by atomic mass is 35.5. The maximum absolute atomic E-state index is 13.2. The van der Waals surface area contributed by atoms with Crippen LogP contribution in [0.15, 0.2) is 36.4 Å². The highest BCUT2D eigenvalue weighted by molar-refractivity contribution is 7.18. The predicted molar refractivity (Wildman–Crippen MR) is 97.6 cm³/mol. The Bertz CT molecular complexity index is 766. The molecule has 3 nitrogen and oxygen atoms in total. The molecule has 3 rings (SSSR count). The molecule has 0 bridgehead atoms. The van der Waals surface area contributed by atoms with Gasteiger partial charge in [-0.15, -0.1) is 11.3 Å². The molecule has 2 aromatic rings. The van der Waals surface area contributed by atoms with Gasteiger partial charge in [0.05, 0.1) is 14.8 Å². The van der Waals surface area contributed by atoms with Gasteiger partial charge in [-0.05, 0) is 42.7 Å². The lowest BCUT2D eigenvalue weighted by Crippen LogP contribution is -2.43. The lowest BCUT2D eigenvalue weighted by atomic mass is 9.88. The van der Waals surface area contributed by atoms with E-state index < -0.39 is 5.54 Å². The number of Topliss-reactive ketones (excluding diaryl/α,β-unsaturated/α-hetero) is 1. The minimum absolute atomic E-state index is 0.0747. The van der Waals surface area contributed by atoms with Crippen molar-refractivity contribution in [3.8, 4) is 0 Å². The van der Waals surface area contributed by atoms with Crippen molar-refractivity contribution >= 4 is 34.6 Å². The smallest absolute Gasteiger partial charge is 0.221 e. The van der Waals surface area contributed by atoms with Gasteiger partial charge in [-0.2, -0.15) is 0 Å². The van der Waals surface area contributed by atoms with E-state index in [0.717, 1.165) is 31.2 Å². The van der Waals surface area contributed by atoms with Gasteiger partial charge in [0.2, 0.25) is 5.91 Å². The van der Waals surface area contributed by atoms with E-state index in [4.69, 9.17) is 11.6 Å². The number of carbonyl (C=O) groups is 2. The Morgan fingerprint density at radius 1 is 1.08 bits per heavy atom. The summed E-state index contributed by atoms with van der Waals surface area (Å²) in [6.07, 6.45) is 3.99. The number of hydrogen-bond acceptors (Lipinski definition) is 3. The summed E-state index contributed by atoms with van der Waals surface area (Å²) < 4.78 is 13.8. The second-order valence-corrected chi connectivity index (χ2v) is 8.09. The Hall–Kier alpha value is -1.72. The first-order valence-electron chi connectivity index (χ1n) is 8.34. The monoisotopic (exact) mass is 379 g/mol. The van der Waals surface area contributed by atoms with Gasteiger partial charge >= 0.3 is 0 Å². The zero-order valence-electron chi connectivity index (χ0n) is 13.7. The summed E-state index contributed by atoms with van der Waals surface area (Å²) in [5.74, 6) is -0.514. The van der Waals surface area contributed by atoms with Gasteiger partial charge in [0.1, 0.15) is 5.82 Å². The molecule has 1 saturated carbocycles. The number of nitrogens with one attached hydrogen (secondary N) is 1. The standard InChI is InChI=1S/C19H19ClFNO2S/c20-17-9-8-16(25-17)15(23)7-10-18(24)22-19(11-1-2-12-19)13-3-5-14(21)6-4-13/h3-6,8-9H,1-2,7,10-12H2,(H,22,24). The molecule has 6 heteroatoms. The first kappa shape index (κ1) is 18.1. The van der Waals surface area contributed by atoms with Gasteiger partial charge < -0.3 is 5.32 Å². The topological polar surface area (TPSA) is 46.2 Å². The third-order valence-corrected chi connectivity index (χ3v) is 5.93. The Kier molecular flexibility index (Phi) is 5.54. The molecule has 1 N–H and O–H groups in total. The van der Waals surface area contributed by atoms with Crippen molar-refractivity contribution in [2.75, 3.05) is 0 Å². The number of thiophene rings is 1. The molecule has 0 spiro atoms. The summed E-state index contributed by atoms with van der Waals surface area (Å²) in [6, 6.07) is 9.68. The number of ketones is 1. The summed E-state index contributed by atoms with van der Waals surface area (Å²) in [7, 11) is 0. The lowest BCUT2D eigenvalue weighted by molar-refractivity contribution is -0.123. The molecule has 1 aromatic carbocycles. The van der Waals surface area contributed by atoms with Crippen LogP contribution < -0.4 is 5.32 Å². The van der Waals surface area contributed by atoms with E-state index in [-0.39, 0.29) is 30.3 Å². The van der Waals surface area contributed by atoms with Gasteiger partial charge in [-0.3, -0.25) is 9.59 Å². The van der Waals surface area contributed by atoms with Gasteiger partial charge in [-0.25, -0.2) is 4.39 Å². The van der Waals surface area contributed by atoms with Crippen LogP contribution in [0.25, 0.3) is 0 Å². The van der Waals surface area contributed by atoms with E-state index in [2.05, 4.69) is 5.32 Å². The number of amides is 1. The third-order valence-electron chi connectivity index (χ3n) is 4.66. The normalized spacial score (nSPS) is 15.9. The molecule has 0 saturated heterocycles. The Balaban J connectivity index is 1.63. The van der Waals surface area contributed by atoms with Crippen molar-refractivity contribution in [3.63, 3.8) is 0 Å². The molecule has 0 radical (unpaired) electrons. The fraction of sp³-hybridized carbons (Fsp3) is 0.368.